The van der Waals surface area contributed by atoms with E-state index >= 15 is 0 Å². The minimum Gasteiger partial charge on any atom is -0.480 e. The second kappa shape index (κ2) is 6.12. The van der Waals surface area contributed by atoms with Gasteiger partial charge in [-0.1, -0.05) is 13.8 Å². The lowest BCUT2D eigenvalue weighted by Crippen LogP contribution is -2.35. The molecular weight excluding hydrogens is 236 g/mol. The third kappa shape index (κ3) is 4.44. The van der Waals surface area contributed by atoms with Crippen LogP contribution in [0.4, 0.5) is 0 Å². The maximum absolute atomic E-state index is 10.8. The molecule has 96 valence electrons. The summed E-state index contributed by atoms with van der Waals surface area (Å²) in [5.74, 6) is -0.362. The normalized spacial score (nSPS) is 11.7. The Labute approximate surface area is 106 Å². The van der Waals surface area contributed by atoms with Crippen LogP contribution in [0.5, 0.6) is 0 Å². The number of rotatable bonds is 6. The van der Waals surface area contributed by atoms with Crippen LogP contribution in [0.1, 0.15) is 44.3 Å². The molecule has 1 rings (SSSR count). The van der Waals surface area contributed by atoms with Gasteiger partial charge in [0.2, 0.25) is 0 Å². The molecule has 0 fully saturated rings. The van der Waals surface area contributed by atoms with E-state index in [4.69, 9.17) is 5.11 Å². The van der Waals surface area contributed by atoms with E-state index in [9.17, 15) is 4.79 Å². The van der Waals surface area contributed by atoms with Crippen LogP contribution in [0.15, 0.2) is 5.38 Å². The molecule has 0 radical (unpaired) electrons. The van der Waals surface area contributed by atoms with E-state index in [2.05, 4.69) is 18.8 Å². The molecule has 0 amide bonds. The molecule has 0 aliphatic carbocycles. The first-order valence-corrected chi connectivity index (χ1v) is 6.68. The summed E-state index contributed by atoms with van der Waals surface area (Å²) in [7, 11) is 0. The molecule has 0 aromatic carbocycles. The molecule has 0 spiro atoms. The highest BCUT2D eigenvalue weighted by atomic mass is 32.1. The van der Waals surface area contributed by atoms with Gasteiger partial charge in [0.05, 0.1) is 17.2 Å². The van der Waals surface area contributed by atoms with Crippen LogP contribution >= 0.6 is 11.3 Å². The van der Waals surface area contributed by atoms with E-state index in [0.717, 1.165) is 10.7 Å². The topological polar surface area (TPSA) is 53.4 Å². The number of aliphatic carboxylic acids is 1. The number of aromatic nitrogens is 1. The van der Waals surface area contributed by atoms with Crippen molar-refractivity contribution < 1.29 is 9.90 Å². The molecule has 17 heavy (non-hydrogen) atoms. The highest BCUT2D eigenvalue weighted by Crippen LogP contribution is 2.20. The number of hydrogen-bond acceptors (Lipinski definition) is 4. The van der Waals surface area contributed by atoms with Gasteiger partial charge in [0.25, 0.3) is 0 Å². The highest BCUT2D eigenvalue weighted by molar-refractivity contribution is 7.09. The summed E-state index contributed by atoms with van der Waals surface area (Å²) in [6.45, 7) is 8.89. The Kier molecular flexibility index (Phi) is 5.08. The van der Waals surface area contributed by atoms with Gasteiger partial charge in [-0.2, -0.15) is 0 Å². The Morgan fingerprint density at radius 2 is 2.12 bits per heavy atom. The van der Waals surface area contributed by atoms with Crippen molar-refractivity contribution in [2.24, 2.45) is 0 Å². The lowest BCUT2D eigenvalue weighted by Gasteiger charge is -2.23. The lowest BCUT2D eigenvalue weighted by atomic mass is 10.2. The van der Waals surface area contributed by atoms with Crippen LogP contribution in [0.3, 0.4) is 0 Å². The number of thiazole rings is 1. The first-order valence-electron chi connectivity index (χ1n) is 5.80. The van der Waals surface area contributed by atoms with Crippen molar-refractivity contribution in [2.75, 3.05) is 6.54 Å². The molecule has 0 saturated heterocycles. The van der Waals surface area contributed by atoms with Crippen LogP contribution < -0.4 is 0 Å². The first kappa shape index (κ1) is 14.1. The zero-order valence-corrected chi connectivity index (χ0v) is 11.6. The van der Waals surface area contributed by atoms with Crippen LogP contribution in [0.25, 0.3) is 0 Å². The summed E-state index contributed by atoms with van der Waals surface area (Å²) < 4.78 is 0. The van der Waals surface area contributed by atoms with Gasteiger partial charge < -0.3 is 5.11 Å². The zero-order chi connectivity index (χ0) is 13.0. The quantitative estimate of drug-likeness (QED) is 0.850. The molecular formula is C12H20N2O2S. The van der Waals surface area contributed by atoms with E-state index in [0.29, 0.717) is 12.5 Å². The largest absolute Gasteiger partial charge is 0.480 e. The SMILES string of the molecule is CC(C)c1nc(CN(CC(=O)O)C(C)C)cs1. The van der Waals surface area contributed by atoms with Gasteiger partial charge in [-0.05, 0) is 13.8 Å². The third-order valence-electron chi connectivity index (χ3n) is 2.50. The molecule has 0 saturated carbocycles. The van der Waals surface area contributed by atoms with Gasteiger partial charge in [-0.3, -0.25) is 9.69 Å². The summed E-state index contributed by atoms with van der Waals surface area (Å²) in [6, 6.07) is 0.204. The number of carboxylic acid groups (broad SMARTS) is 1. The molecule has 1 aromatic rings. The monoisotopic (exact) mass is 256 g/mol. The zero-order valence-electron chi connectivity index (χ0n) is 10.8. The summed E-state index contributed by atoms with van der Waals surface area (Å²) in [6.07, 6.45) is 0. The second-order valence-corrected chi connectivity index (χ2v) is 5.61. The van der Waals surface area contributed by atoms with Crippen molar-refractivity contribution in [3.05, 3.63) is 16.1 Å². The molecule has 1 aromatic heterocycles. The number of nitrogens with zero attached hydrogens (tertiary/aromatic N) is 2. The van der Waals surface area contributed by atoms with Gasteiger partial charge in [0.15, 0.2) is 0 Å². The molecule has 0 aliphatic heterocycles. The maximum atomic E-state index is 10.8. The number of carboxylic acids is 1. The van der Waals surface area contributed by atoms with Gasteiger partial charge in [0, 0.05) is 23.9 Å². The smallest absolute Gasteiger partial charge is 0.317 e. The minimum absolute atomic E-state index is 0.0617. The second-order valence-electron chi connectivity index (χ2n) is 4.72. The van der Waals surface area contributed by atoms with Gasteiger partial charge in [0.1, 0.15) is 0 Å². The maximum Gasteiger partial charge on any atom is 0.317 e. The minimum atomic E-state index is -0.794. The average Bonchev–Trinajstić information content (AvgIpc) is 2.64. The third-order valence-corrected chi connectivity index (χ3v) is 3.69. The lowest BCUT2D eigenvalue weighted by molar-refractivity contribution is -0.138. The predicted octanol–water partition coefficient (Wildman–Crippen LogP) is 2.56. The molecule has 0 atom stereocenters. The van der Waals surface area contributed by atoms with Crippen molar-refractivity contribution in [3.8, 4) is 0 Å². The average molecular weight is 256 g/mol. The van der Waals surface area contributed by atoms with Crippen LogP contribution in [-0.4, -0.2) is 33.5 Å². The summed E-state index contributed by atoms with van der Waals surface area (Å²) in [5, 5.41) is 12.0. The van der Waals surface area contributed by atoms with Crippen molar-refractivity contribution in [1.82, 2.24) is 9.88 Å². The van der Waals surface area contributed by atoms with Crippen molar-refractivity contribution in [2.45, 2.75) is 46.2 Å². The Balaban J connectivity index is 2.68. The highest BCUT2D eigenvalue weighted by Gasteiger charge is 2.15. The Morgan fingerprint density at radius 3 is 2.53 bits per heavy atom. The van der Waals surface area contributed by atoms with Crippen molar-refractivity contribution in [1.29, 1.82) is 0 Å². The Bertz CT molecular complexity index is 374. The fourth-order valence-corrected chi connectivity index (χ4v) is 2.29. The first-order chi connectivity index (χ1) is 7.90. The summed E-state index contributed by atoms with van der Waals surface area (Å²) >= 11 is 1.65. The van der Waals surface area contributed by atoms with E-state index in [1.54, 1.807) is 11.3 Å². The Hall–Kier alpha value is -0.940. The van der Waals surface area contributed by atoms with E-state index in [1.807, 2.05) is 24.1 Å². The van der Waals surface area contributed by atoms with Crippen molar-refractivity contribution >= 4 is 17.3 Å². The molecule has 4 nitrogen and oxygen atoms in total. The summed E-state index contributed by atoms with van der Waals surface area (Å²) in [5.41, 5.74) is 0.966. The number of hydrogen-bond donors (Lipinski definition) is 1. The fraction of sp³-hybridized carbons (Fsp3) is 0.667. The molecule has 0 unspecified atom stereocenters. The standard InChI is InChI=1S/C12H20N2O2S/c1-8(2)12-13-10(7-17-12)5-14(9(3)4)6-11(15)16/h7-9H,5-6H2,1-4H3,(H,15,16). The molecule has 0 bridgehead atoms. The van der Waals surface area contributed by atoms with Gasteiger partial charge >= 0.3 is 5.97 Å². The Morgan fingerprint density at radius 1 is 1.47 bits per heavy atom. The fourth-order valence-electron chi connectivity index (χ4n) is 1.46. The summed E-state index contributed by atoms with van der Waals surface area (Å²) in [4.78, 5) is 17.2. The van der Waals surface area contributed by atoms with Gasteiger partial charge in [-0.15, -0.1) is 11.3 Å². The molecule has 0 aliphatic rings. The van der Waals surface area contributed by atoms with E-state index in [1.165, 1.54) is 0 Å². The molecule has 1 N–H and O–H groups in total. The van der Waals surface area contributed by atoms with Crippen molar-refractivity contribution in [3.63, 3.8) is 0 Å². The van der Waals surface area contributed by atoms with Crippen LogP contribution in [0, 0.1) is 0 Å². The molecule has 1 heterocycles. The van der Waals surface area contributed by atoms with Gasteiger partial charge in [-0.25, -0.2) is 4.98 Å². The van der Waals surface area contributed by atoms with E-state index < -0.39 is 5.97 Å². The molecule has 5 heteroatoms. The van der Waals surface area contributed by atoms with Crippen LogP contribution in [-0.2, 0) is 11.3 Å². The number of carbonyl (C=O) groups is 1. The predicted molar refractivity (Wildman–Crippen MR) is 69.4 cm³/mol. The van der Waals surface area contributed by atoms with Crippen LogP contribution in [0.2, 0.25) is 0 Å². The van der Waals surface area contributed by atoms with E-state index in [-0.39, 0.29) is 12.6 Å².